The molecule has 0 radical (unpaired) electrons. The number of nitrogen functional groups attached to an aromatic ring is 1. The van der Waals surface area contributed by atoms with Gasteiger partial charge in [0.1, 0.15) is 12.4 Å². The monoisotopic (exact) mass is 411 g/mol. The molecule has 0 bridgehead atoms. The van der Waals surface area contributed by atoms with Crippen LogP contribution in [0, 0.1) is 0 Å². The molecule has 162 valence electrons. The molecule has 0 saturated carbocycles. The van der Waals surface area contributed by atoms with Crippen molar-refractivity contribution in [3.63, 3.8) is 0 Å². The number of piperazine rings is 1. The van der Waals surface area contributed by atoms with E-state index < -0.39 is 17.9 Å². The predicted octanol–water partition coefficient (Wildman–Crippen LogP) is 0.456. The molecule has 1 atom stereocenters. The molecule has 0 spiro atoms. The molecule has 2 rings (SSSR count). The van der Waals surface area contributed by atoms with Crippen LogP contribution in [0.5, 0.6) is 5.75 Å². The standard InChI is InChI=1S/C17H27N3O3.C2H2O4/c1-3-14-10-15(18)4-5-16(14)23-9-8-19-6-7-20(12-17(21)22)13(2)11-19;3-1(4)2(5)6/h4-5,10,13H,3,6-9,11-12,18H2,1-2H3,(H,21,22);(H,3,4)(H,5,6). The first-order chi connectivity index (χ1) is 13.6. The molecule has 5 N–H and O–H groups in total. The van der Waals surface area contributed by atoms with Crippen LogP contribution in [0.4, 0.5) is 5.69 Å². The van der Waals surface area contributed by atoms with E-state index >= 15 is 0 Å². The minimum absolute atomic E-state index is 0.122. The normalized spacial score (nSPS) is 17.1. The van der Waals surface area contributed by atoms with E-state index in [1.54, 1.807) is 0 Å². The number of carbonyl (C=O) groups is 3. The molecule has 1 aliphatic heterocycles. The predicted molar refractivity (Wildman–Crippen MR) is 106 cm³/mol. The summed E-state index contributed by atoms with van der Waals surface area (Å²) in [5, 5.41) is 23.7. The average molecular weight is 411 g/mol. The molecule has 29 heavy (non-hydrogen) atoms. The van der Waals surface area contributed by atoms with Crippen molar-refractivity contribution in [1.82, 2.24) is 9.80 Å². The highest BCUT2D eigenvalue weighted by Gasteiger charge is 2.24. The summed E-state index contributed by atoms with van der Waals surface area (Å²) in [6.45, 7) is 8.30. The molecule has 1 saturated heterocycles. The van der Waals surface area contributed by atoms with Gasteiger partial charge in [-0.2, -0.15) is 0 Å². The third-order valence-corrected chi connectivity index (χ3v) is 4.50. The van der Waals surface area contributed by atoms with Crippen LogP contribution >= 0.6 is 0 Å². The highest BCUT2D eigenvalue weighted by Crippen LogP contribution is 2.22. The lowest BCUT2D eigenvalue weighted by Crippen LogP contribution is -2.53. The molecule has 0 aliphatic carbocycles. The van der Waals surface area contributed by atoms with Crippen molar-refractivity contribution in [3.05, 3.63) is 23.8 Å². The second-order valence-electron chi connectivity index (χ2n) is 6.69. The summed E-state index contributed by atoms with van der Waals surface area (Å²) in [7, 11) is 0. The molecular formula is C19H29N3O7. The molecule has 1 aromatic carbocycles. The van der Waals surface area contributed by atoms with Gasteiger partial charge in [0.2, 0.25) is 0 Å². The van der Waals surface area contributed by atoms with Crippen LogP contribution in [0.2, 0.25) is 0 Å². The van der Waals surface area contributed by atoms with E-state index in [4.69, 9.17) is 35.4 Å². The Hall–Kier alpha value is -2.85. The molecule has 1 aromatic rings. The smallest absolute Gasteiger partial charge is 0.414 e. The van der Waals surface area contributed by atoms with E-state index in [9.17, 15) is 4.79 Å². The summed E-state index contributed by atoms with van der Waals surface area (Å²) >= 11 is 0. The number of carboxylic acids is 3. The number of nitrogens with two attached hydrogens (primary N) is 1. The lowest BCUT2D eigenvalue weighted by atomic mass is 10.1. The molecule has 10 nitrogen and oxygen atoms in total. The average Bonchev–Trinajstić information content (AvgIpc) is 2.65. The van der Waals surface area contributed by atoms with Crippen LogP contribution in [0.1, 0.15) is 19.4 Å². The van der Waals surface area contributed by atoms with Crippen molar-refractivity contribution < 1.29 is 34.4 Å². The Kier molecular flexibility index (Phi) is 9.90. The number of hydrogen-bond acceptors (Lipinski definition) is 7. The molecule has 0 amide bonds. The van der Waals surface area contributed by atoms with Crippen molar-refractivity contribution >= 4 is 23.6 Å². The van der Waals surface area contributed by atoms with Crippen molar-refractivity contribution in [3.8, 4) is 5.75 Å². The summed E-state index contributed by atoms with van der Waals surface area (Å²) in [5.74, 6) is -3.51. The van der Waals surface area contributed by atoms with Gasteiger partial charge in [-0.1, -0.05) is 6.92 Å². The van der Waals surface area contributed by atoms with Crippen molar-refractivity contribution in [2.45, 2.75) is 26.3 Å². The lowest BCUT2D eigenvalue weighted by Gasteiger charge is -2.38. The number of rotatable bonds is 7. The fourth-order valence-electron chi connectivity index (χ4n) is 2.98. The van der Waals surface area contributed by atoms with E-state index in [-0.39, 0.29) is 12.6 Å². The van der Waals surface area contributed by atoms with E-state index in [0.29, 0.717) is 6.61 Å². The molecular weight excluding hydrogens is 382 g/mol. The third-order valence-electron chi connectivity index (χ3n) is 4.50. The van der Waals surface area contributed by atoms with E-state index in [0.717, 1.165) is 49.6 Å². The van der Waals surface area contributed by atoms with Crippen LogP contribution in [0.25, 0.3) is 0 Å². The number of aliphatic carboxylic acids is 3. The zero-order chi connectivity index (χ0) is 22.0. The molecule has 1 heterocycles. The summed E-state index contributed by atoms with van der Waals surface area (Å²) in [6.07, 6.45) is 0.894. The Bertz CT molecular complexity index is 699. The Morgan fingerprint density at radius 2 is 1.83 bits per heavy atom. The van der Waals surface area contributed by atoms with Gasteiger partial charge in [-0.05, 0) is 37.1 Å². The second kappa shape index (κ2) is 11.9. The van der Waals surface area contributed by atoms with Gasteiger partial charge in [-0.25, -0.2) is 9.59 Å². The maximum absolute atomic E-state index is 10.8. The van der Waals surface area contributed by atoms with Gasteiger partial charge in [0.15, 0.2) is 0 Å². The zero-order valence-electron chi connectivity index (χ0n) is 16.7. The molecule has 10 heteroatoms. The van der Waals surface area contributed by atoms with Crippen molar-refractivity contribution in [2.75, 3.05) is 45.1 Å². The Morgan fingerprint density at radius 1 is 1.17 bits per heavy atom. The fraction of sp³-hybridized carbons (Fsp3) is 0.526. The first-order valence-corrected chi connectivity index (χ1v) is 9.29. The van der Waals surface area contributed by atoms with Crippen molar-refractivity contribution in [2.24, 2.45) is 0 Å². The topological polar surface area (TPSA) is 154 Å². The van der Waals surface area contributed by atoms with Gasteiger partial charge in [0, 0.05) is 37.9 Å². The lowest BCUT2D eigenvalue weighted by molar-refractivity contribution is -0.159. The van der Waals surface area contributed by atoms with Gasteiger partial charge in [-0.15, -0.1) is 0 Å². The maximum atomic E-state index is 10.8. The van der Waals surface area contributed by atoms with E-state index in [1.165, 1.54) is 0 Å². The largest absolute Gasteiger partial charge is 0.492 e. The summed E-state index contributed by atoms with van der Waals surface area (Å²) in [5.41, 5.74) is 7.69. The number of benzene rings is 1. The van der Waals surface area contributed by atoms with Gasteiger partial charge < -0.3 is 25.8 Å². The number of aryl methyl sites for hydroxylation is 1. The highest BCUT2D eigenvalue weighted by molar-refractivity contribution is 6.27. The molecule has 1 aliphatic rings. The van der Waals surface area contributed by atoms with Gasteiger partial charge >= 0.3 is 17.9 Å². The van der Waals surface area contributed by atoms with Crippen LogP contribution in [-0.2, 0) is 20.8 Å². The maximum Gasteiger partial charge on any atom is 0.414 e. The second-order valence-corrected chi connectivity index (χ2v) is 6.69. The summed E-state index contributed by atoms with van der Waals surface area (Å²) in [6, 6.07) is 6.01. The minimum atomic E-state index is -1.82. The SMILES string of the molecule is CCc1cc(N)ccc1OCCN1CCN(CC(=O)O)C(C)C1.O=C(O)C(=O)O. The first-order valence-electron chi connectivity index (χ1n) is 9.29. The fourth-order valence-corrected chi connectivity index (χ4v) is 2.98. The van der Waals surface area contributed by atoms with Gasteiger partial charge in [-0.3, -0.25) is 14.6 Å². The van der Waals surface area contributed by atoms with Crippen LogP contribution in [0.15, 0.2) is 18.2 Å². The molecule has 1 fully saturated rings. The quantitative estimate of drug-likeness (QED) is 0.367. The van der Waals surface area contributed by atoms with Gasteiger partial charge in [0.05, 0.1) is 6.54 Å². The molecule has 1 unspecified atom stereocenters. The number of carboxylic acid groups (broad SMARTS) is 3. The Labute approximate surface area is 169 Å². The first kappa shape index (κ1) is 24.2. The number of anilines is 1. The number of nitrogens with zero attached hydrogens (tertiary/aromatic N) is 2. The van der Waals surface area contributed by atoms with E-state index in [1.807, 2.05) is 23.1 Å². The number of ether oxygens (including phenoxy) is 1. The van der Waals surface area contributed by atoms with Gasteiger partial charge in [0.25, 0.3) is 0 Å². The summed E-state index contributed by atoms with van der Waals surface area (Å²) in [4.78, 5) is 33.4. The summed E-state index contributed by atoms with van der Waals surface area (Å²) < 4.78 is 5.91. The zero-order valence-corrected chi connectivity index (χ0v) is 16.7. The molecule has 0 aromatic heterocycles. The van der Waals surface area contributed by atoms with Crippen LogP contribution in [0.3, 0.4) is 0 Å². The Balaban J connectivity index is 0.000000612. The van der Waals surface area contributed by atoms with Crippen molar-refractivity contribution in [1.29, 1.82) is 0 Å². The third kappa shape index (κ3) is 8.79. The number of hydrogen-bond donors (Lipinski definition) is 4. The Morgan fingerprint density at radius 3 is 2.34 bits per heavy atom. The minimum Gasteiger partial charge on any atom is -0.492 e. The van der Waals surface area contributed by atoms with E-state index in [2.05, 4.69) is 18.7 Å². The van der Waals surface area contributed by atoms with Crippen LogP contribution < -0.4 is 10.5 Å². The highest BCUT2D eigenvalue weighted by atomic mass is 16.5. The van der Waals surface area contributed by atoms with Crippen LogP contribution in [-0.4, -0.2) is 88.4 Å².